The van der Waals surface area contributed by atoms with Gasteiger partial charge in [0.25, 0.3) is 11.5 Å². The molecule has 3 N–H and O–H groups in total. The maximum atomic E-state index is 13.3. The predicted molar refractivity (Wildman–Crippen MR) is 111 cm³/mol. The summed E-state index contributed by atoms with van der Waals surface area (Å²) in [5, 5.41) is 0. The van der Waals surface area contributed by atoms with E-state index in [0.29, 0.717) is 18.7 Å². The van der Waals surface area contributed by atoms with Crippen molar-refractivity contribution in [3.8, 4) is 0 Å². The van der Waals surface area contributed by atoms with Crippen LogP contribution in [0.1, 0.15) is 47.8 Å². The highest BCUT2D eigenvalue weighted by Gasteiger charge is 2.27. The van der Waals surface area contributed by atoms with Crippen molar-refractivity contribution in [3.05, 3.63) is 42.2 Å². The van der Waals surface area contributed by atoms with Gasteiger partial charge >= 0.3 is 5.69 Å². The first kappa shape index (κ1) is 21.0. The fraction of sp³-hybridized carbons (Fsp3) is 0.526. The van der Waals surface area contributed by atoms with Crippen LogP contribution in [0.15, 0.2) is 15.7 Å². The van der Waals surface area contributed by atoms with Gasteiger partial charge < -0.3 is 10.6 Å². The van der Waals surface area contributed by atoms with Gasteiger partial charge in [-0.05, 0) is 31.7 Å². The van der Waals surface area contributed by atoms with E-state index in [1.54, 1.807) is 0 Å². The molecule has 0 saturated heterocycles. The van der Waals surface area contributed by atoms with E-state index >= 15 is 0 Å². The number of nitrogens with zero attached hydrogens (tertiary/aromatic N) is 2. The molecule has 27 heavy (non-hydrogen) atoms. The lowest BCUT2D eigenvalue weighted by molar-refractivity contribution is 0.0983. The highest BCUT2D eigenvalue weighted by molar-refractivity contribution is 7.12. The summed E-state index contributed by atoms with van der Waals surface area (Å²) in [6.45, 7) is 12.3. The zero-order valence-corrected chi connectivity index (χ0v) is 17.6. The van der Waals surface area contributed by atoms with E-state index in [1.807, 2.05) is 47.6 Å². The molecule has 8 heteroatoms. The summed E-state index contributed by atoms with van der Waals surface area (Å²) in [6.07, 6.45) is 0. The molecular weight excluding hydrogens is 364 g/mol. The number of nitrogen functional groups attached to an aromatic ring is 1. The summed E-state index contributed by atoms with van der Waals surface area (Å²) in [5.41, 5.74) is 5.61. The molecule has 148 valence electrons. The smallest absolute Gasteiger partial charge is 0.330 e. The van der Waals surface area contributed by atoms with Gasteiger partial charge in [-0.2, -0.15) is 0 Å². The minimum absolute atomic E-state index is 0.0241. The topological polar surface area (TPSA) is 101 Å². The minimum Gasteiger partial charge on any atom is -0.383 e. The van der Waals surface area contributed by atoms with Gasteiger partial charge in [0.15, 0.2) is 5.69 Å². The quantitative estimate of drug-likeness (QED) is 0.789. The Kier molecular flexibility index (Phi) is 6.30. The van der Waals surface area contributed by atoms with E-state index < -0.39 is 11.2 Å². The summed E-state index contributed by atoms with van der Waals surface area (Å²) >= 11 is 1.53. The molecule has 0 atom stereocenters. The third-order valence-corrected chi connectivity index (χ3v) is 5.06. The van der Waals surface area contributed by atoms with E-state index in [0.717, 1.165) is 9.75 Å². The molecule has 0 spiro atoms. The number of thiophene rings is 1. The molecule has 0 aliphatic heterocycles. The number of aromatic nitrogens is 2. The summed E-state index contributed by atoms with van der Waals surface area (Å²) in [6, 6.07) is 1.82. The number of H-pyrrole nitrogens is 1. The van der Waals surface area contributed by atoms with Gasteiger partial charge in [-0.15, -0.1) is 11.3 Å². The van der Waals surface area contributed by atoms with Gasteiger partial charge in [0.05, 0.1) is 5.56 Å². The number of rotatable bonds is 6. The van der Waals surface area contributed by atoms with E-state index in [1.165, 1.54) is 20.8 Å². The van der Waals surface area contributed by atoms with Crippen LogP contribution in [0.3, 0.4) is 0 Å². The Balaban J connectivity index is 2.67. The van der Waals surface area contributed by atoms with Crippen molar-refractivity contribution in [3.63, 3.8) is 0 Å². The second-order valence-corrected chi connectivity index (χ2v) is 9.09. The number of nitrogens with one attached hydrogen (secondary N) is 1. The van der Waals surface area contributed by atoms with E-state index in [2.05, 4.69) is 4.98 Å². The molecule has 0 bridgehead atoms. The number of hydrogen-bond acceptors (Lipinski definition) is 5. The predicted octanol–water partition coefficient (Wildman–Crippen LogP) is 2.76. The van der Waals surface area contributed by atoms with Crippen molar-refractivity contribution in [2.24, 2.45) is 11.8 Å². The SMILES string of the molecule is Cc1cc(C(=O)N(CC(C)C)c2c(N)n(CC(C)C)c(=O)[nH]c2=O)c(C)s1. The molecule has 2 aromatic heterocycles. The Morgan fingerprint density at radius 1 is 1.22 bits per heavy atom. The van der Waals surface area contributed by atoms with E-state index in [4.69, 9.17) is 5.73 Å². The minimum atomic E-state index is -0.642. The fourth-order valence-corrected chi connectivity index (χ4v) is 3.93. The Hall–Kier alpha value is -2.35. The summed E-state index contributed by atoms with van der Waals surface area (Å²) in [4.78, 5) is 43.7. The molecule has 2 heterocycles. The average Bonchev–Trinajstić information content (AvgIpc) is 2.87. The zero-order valence-electron chi connectivity index (χ0n) is 16.8. The zero-order chi connectivity index (χ0) is 20.5. The lowest BCUT2D eigenvalue weighted by Gasteiger charge is -2.26. The number of amides is 1. The van der Waals surface area contributed by atoms with E-state index in [9.17, 15) is 14.4 Å². The molecule has 2 aromatic rings. The van der Waals surface area contributed by atoms with Crippen LogP contribution in [-0.4, -0.2) is 22.0 Å². The second-order valence-electron chi connectivity index (χ2n) is 7.63. The molecule has 0 aliphatic carbocycles. The lowest BCUT2D eigenvalue weighted by Crippen LogP contribution is -2.43. The van der Waals surface area contributed by atoms with Crippen molar-refractivity contribution in [1.82, 2.24) is 9.55 Å². The van der Waals surface area contributed by atoms with E-state index in [-0.39, 0.29) is 29.2 Å². The number of anilines is 2. The molecule has 0 aliphatic rings. The first-order valence-corrected chi connectivity index (χ1v) is 9.86. The van der Waals surface area contributed by atoms with Gasteiger partial charge in [-0.3, -0.25) is 19.1 Å². The van der Waals surface area contributed by atoms with Crippen LogP contribution in [0.25, 0.3) is 0 Å². The Labute approximate surface area is 162 Å². The van der Waals surface area contributed by atoms with Gasteiger partial charge in [0.2, 0.25) is 0 Å². The monoisotopic (exact) mass is 392 g/mol. The maximum absolute atomic E-state index is 13.3. The maximum Gasteiger partial charge on any atom is 0.330 e. The van der Waals surface area contributed by atoms with Crippen molar-refractivity contribution in [2.45, 2.75) is 48.1 Å². The van der Waals surface area contributed by atoms with Crippen LogP contribution in [0.5, 0.6) is 0 Å². The summed E-state index contributed by atoms with van der Waals surface area (Å²) in [7, 11) is 0. The molecule has 2 rings (SSSR count). The van der Waals surface area contributed by atoms with Crippen molar-refractivity contribution in [1.29, 1.82) is 0 Å². The molecule has 1 amide bonds. The first-order chi connectivity index (χ1) is 12.5. The van der Waals surface area contributed by atoms with Gasteiger partial charge in [-0.25, -0.2) is 4.79 Å². The normalized spacial score (nSPS) is 11.4. The summed E-state index contributed by atoms with van der Waals surface area (Å²) in [5.74, 6) is 0.00610. The number of hydrogen-bond donors (Lipinski definition) is 2. The van der Waals surface area contributed by atoms with Gasteiger partial charge in [0, 0.05) is 22.8 Å². The molecular formula is C19H28N4O3S. The Morgan fingerprint density at radius 2 is 1.85 bits per heavy atom. The highest BCUT2D eigenvalue weighted by atomic mass is 32.1. The lowest BCUT2D eigenvalue weighted by atomic mass is 10.1. The summed E-state index contributed by atoms with van der Waals surface area (Å²) < 4.78 is 1.33. The number of carbonyl (C=O) groups excluding carboxylic acids is 1. The second kappa shape index (κ2) is 8.12. The van der Waals surface area contributed by atoms with Crippen LogP contribution in [0.4, 0.5) is 11.5 Å². The molecule has 7 nitrogen and oxygen atoms in total. The van der Waals surface area contributed by atoms with Crippen LogP contribution in [0.2, 0.25) is 0 Å². The fourth-order valence-electron chi connectivity index (χ4n) is 3.01. The number of aryl methyl sites for hydroxylation is 2. The highest BCUT2D eigenvalue weighted by Crippen LogP contribution is 2.26. The molecule has 0 unspecified atom stereocenters. The van der Waals surface area contributed by atoms with Gasteiger partial charge in [-0.1, -0.05) is 27.7 Å². The molecule has 0 radical (unpaired) electrons. The molecule has 0 saturated carbocycles. The van der Waals surface area contributed by atoms with Crippen LogP contribution in [-0.2, 0) is 6.54 Å². The Morgan fingerprint density at radius 3 is 2.33 bits per heavy atom. The standard InChI is InChI=1S/C19H28N4O3S/c1-10(2)8-22(18(25)14-7-12(5)27-13(14)6)15-16(20)23(9-11(3)4)19(26)21-17(15)24/h7,10-11H,8-9,20H2,1-6H3,(H,21,24,26). The van der Waals surface area contributed by atoms with Crippen LogP contribution < -0.4 is 21.9 Å². The largest absolute Gasteiger partial charge is 0.383 e. The number of aromatic amines is 1. The van der Waals surface area contributed by atoms with Crippen LogP contribution >= 0.6 is 11.3 Å². The van der Waals surface area contributed by atoms with Crippen molar-refractivity contribution >= 4 is 28.7 Å². The van der Waals surface area contributed by atoms with Crippen molar-refractivity contribution < 1.29 is 4.79 Å². The number of nitrogens with two attached hydrogens (primary N) is 1. The number of carbonyl (C=O) groups is 1. The van der Waals surface area contributed by atoms with Crippen molar-refractivity contribution in [2.75, 3.05) is 17.2 Å². The molecule has 0 aromatic carbocycles. The molecule has 0 fully saturated rings. The first-order valence-electron chi connectivity index (χ1n) is 9.04. The van der Waals surface area contributed by atoms with Gasteiger partial charge in [0.1, 0.15) is 5.82 Å². The Bertz CT molecular complexity index is 953. The third-order valence-electron chi connectivity index (χ3n) is 4.10. The third kappa shape index (κ3) is 4.50. The van der Waals surface area contributed by atoms with Crippen LogP contribution in [0, 0.1) is 25.7 Å². The average molecular weight is 393 g/mol.